The van der Waals surface area contributed by atoms with E-state index in [9.17, 15) is 13.6 Å². The quantitative estimate of drug-likeness (QED) is 0.839. The molecule has 1 amide bonds. The lowest BCUT2D eigenvalue weighted by Crippen LogP contribution is -2.31. The van der Waals surface area contributed by atoms with Crippen LogP contribution in [-0.2, 0) is 4.79 Å². The second-order valence-corrected chi connectivity index (χ2v) is 5.67. The Morgan fingerprint density at radius 1 is 1.09 bits per heavy atom. The molecule has 2 nitrogen and oxygen atoms in total. The van der Waals surface area contributed by atoms with Crippen molar-refractivity contribution in [3.63, 3.8) is 0 Å². The Balaban J connectivity index is 2.36. The van der Waals surface area contributed by atoms with Gasteiger partial charge < -0.3 is 5.32 Å². The van der Waals surface area contributed by atoms with Gasteiger partial charge in [-0.1, -0.05) is 50.2 Å². The van der Waals surface area contributed by atoms with E-state index < -0.39 is 11.8 Å². The Morgan fingerprint density at radius 2 is 1.77 bits per heavy atom. The van der Waals surface area contributed by atoms with E-state index in [1.54, 1.807) is 18.2 Å². The van der Waals surface area contributed by atoms with E-state index >= 15 is 0 Å². The summed E-state index contributed by atoms with van der Waals surface area (Å²) in [5.41, 5.74) is 3.47. The molecule has 2 aromatic carbocycles. The molecule has 0 fully saturated rings. The molecule has 4 heteroatoms. The zero-order chi connectivity index (χ0) is 16.3. The summed E-state index contributed by atoms with van der Waals surface area (Å²) in [6.45, 7) is 4.78. The van der Waals surface area contributed by atoms with Crippen LogP contribution in [0.4, 0.5) is 14.5 Å². The van der Waals surface area contributed by atoms with E-state index in [-0.39, 0.29) is 0 Å². The first-order valence-electron chi connectivity index (χ1n) is 7.17. The standard InChI is InChI=1S/C18H19F2NO/c1-12(2)15-9-4-5-10-16(15)13-7-6-8-14(11-13)21-17(22)18(3,19)20/h4-12H,1-3H3,(H,21,22). The monoisotopic (exact) mass is 303 g/mol. The first-order valence-corrected chi connectivity index (χ1v) is 7.17. The molecule has 0 aliphatic heterocycles. The van der Waals surface area contributed by atoms with Crippen LogP contribution in [0.1, 0.15) is 32.3 Å². The van der Waals surface area contributed by atoms with E-state index in [2.05, 4.69) is 19.2 Å². The Labute approximate surface area is 129 Å². The van der Waals surface area contributed by atoms with Crippen LogP contribution in [0.2, 0.25) is 0 Å². The Kier molecular flexibility index (Phi) is 4.59. The van der Waals surface area contributed by atoms with Gasteiger partial charge in [0.05, 0.1) is 0 Å². The number of carbonyl (C=O) groups excluding carboxylic acids is 1. The third kappa shape index (κ3) is 3.70. The third-order valence-electron chi connectivity index (χ3n) is 3.41. The molecule has 0 saturated heterocycles. The maximum absolute atomic E-state index is 13.0. The minimum atomic E-state index is -3.40. The number of hydrogen-bond acceptors (Lipinski definition) is 1. The topological polar surface area (TPSA) is 29.1 Å². The lowest BCUT2D eigenvalue weighted by molar-refractivity contribution is -0.137. The van der Waals surface area contributed by atoms with Gasteiger partial charge in [0, 0.05) is 12.6 Å². The smallest absolute Gasteiger partial charge is 0.321 e. The SMILES string of the molecule is CC(C)c1ccccc1-c1cccc(NC(=O)C(C)(F)F)c1. The van der Waals surface area contributed by atoms with Gasteiger partial charge in [0.15, 0.2) is 0 Å². The van der Waals surface area contributed by atoms with Crippen LogP contribution in [0.15, 0.2) is 48.5 Å². The number of amides is 1. The highest BCUT2D eigenvalue weighted by molar-refractivity contribution is 5.96. The van der Waals surface area contributed by atoms with Gasteiger partial charge in [-0.3, -0.25) is 4.79 Å². The molecule has 0 bridgehead atoms. The highest BCUT2D eigenvalue weighted by atomic mass is 19.3. The zero-order valence-corrected chi connectivity index (χ0v) is 12.9. The van der Waals surface area contributed by atoms with Crippen LogP contribution in [-0.4, -0.2) is 11.8 Å². The zero-order valence-electron chi connectivity index (χ0n) is 12.9. The molecule has 22 heavy (non-hydrogen) atoms. The van der Waals surface area contributed by atoms with Gasteiger partial charge in [-0.15, -0.1) is 0 Å². The Bertz CT molecular complexity index is 675. The summed E-state index contributed by atoms with van der Waals surface area (Å²) < 4.78 is 26.0. The average Bonchev–Trinajstić information content (AvgIpc) is 2.46. The molecule has 0 heterocycles. The molecule has 0 atom stereocenters. The van der Waals surface area contributed by atoms with E-state index in [0.29, 0.717) is 18.5 Å². The van der Waals surface area contributed by atoms with Gasteiger partial charge >= 0.3 is 5.92 Å². The first-order chi connectivity index (χ1) is 10.3. The normalized spacial score (nSPS) is 11.5. The molecule has 1 N–H and O–H groups in total. The van der Waals surface area contributed by atoms with Crippen molar-refractivity contribution in [2.24, 2.45) is 0 Å². The van der Waals surface area contributed by atoms with Crippen molar-refractivity contribution in [3.8, 4) is 11.1 Å². The number of anilines is 1. The van der Waals surface area contributed by atoms with Crippen LogP contribution >= 0.6 is 0 Å². The number of hydrogen-bond donors (Lipinski definition) is 1. The van der Waals surface area contributed by atoms with E-state index in [1.807, 2.05) is 30.3 Å². The largest absolute Gasteiger partial charge is 0.322 e. The molecule has 0 saturated carbocycles. The van der Waals surface area contributed by atoms with E-state index in [4.69, 9.17) is 0 Å². The summed E-state index contributed by atoms with van der Waals surface area (Å²) in [4.78, 5) is 11.4. The highest BCUT2D eigenvalue weighted by Crippen LogP contribution is 2.30. The lowest BCUT2D eigenvalue weighted by Gasteiger charge is -2.15. The van der Waals surface area contributed by atoms with Crippen molar-refractivity contribution in [3.05, 3.63) is 54.1 Å². The van der Waals surface area contributed by atoms with E-state index in [1.165, 1.54) is 5.56 Å². The third-order valence-corrected chi connectivity index (χ3v) is 3.41. The van der Waals surface area contributed by atoms with Crippen molar-refractivity contribution < 1.29 is 13.6 Å². The van der Waals surface area contributed by atoms with Gasteiger partial charge in [-0.2, -0.15) is 8.78 Å². The molecule has 0 spiro atoms. The van der Waals surface area contributed by atoms with Crippen LogP contribution in [0.5, 0.6) is 0 Å². The summed E-state index contributed by atoms with van der Waals surface area (Å²) in [5, 5.41) is 2.25. The summed E-state index contributed by atoms with van der Waals surface area (Å²) >= 11 is 0. The number of halogens is 2. The fourth-order valence-corrected chi connectivity index (χ4v) is 2.27. The van der Waals surface area contributed by atoms with Gasteiger partial charge in [-0.25, -0.2) is 0 Å². The summed E-state index contributed by atoms with van der Waals surface area (Å²) in [5.74, 6) is -4.36. The summed E-state index contributed by atoms with van der Waals surface area (Å²) in [7, 11) is 0. The second-order valence-electron chi connectivity index (χ2n) is 5.67. The molecule has 2 rings (SSSR count). The molecule has 0 aliphatic rings. The molecule has 0 unspecified atom stereocenters. The minimum Gasteiger partial charge on any atom is -0.321 e. The maximum Gasteiger partial charge on any atom is 0.322 e. The fourth-order valence-electron chi connectivity index (χ4n) is 2.27. The van der Waals surface area contributed by atoms with Crippen LogP contribution < -0.4 is 5.32 Å². The molecule has 0 radical (unpaired) electrons. The number of carbonyl (C=O) groups is 1. The van der Waals surface area contributed by atoms with Crippen molar-refractivity contribution in [2.45, 2.75) is 32.6 Å². The molecular weight excluding hydrogens is 284 g/mol. The molecule has 2 aromatic rings. The van der Waals surface area contributed by atoms with E-state index in [0.717, 1.165) is 11.1 Å². The summed E-state index contributed by atoms with van der Waals surface area (Å²) in [6.07, 6.45) is 0. The first kappa shape index (κ1) is 16.1. The van der Waals surface area contributed by atoms with Crippen molar-refractivity contribution >= 4 is 11.6 Å². The maximum atomic E-state index is 13.0. The fraction of sp³-hybridized carbons (Fsp3) is 0.278. The number of nitrogens with one attached hydrogen (secondary N) is 1. The second kappa shape index (κ2) is 6.26. The van der Waals surface area contributed by atoms with Crippen molar-refractivity contribution in [1.82, 2.24) is 0 Å². The van der Waals surface area contributed by atoms with Gasteiger partial charge in [0.25, 0.3) is 5.91 Å². The average molecular weight is 303 g/mol. The Hall–Kier alpha value is -2.23. The molecular formula is C18H19F2NO. The predicted octanol–water partition coefficient (Wildman–Crippen LogP) is 5.07. The minimum absolute atomic E-state index is 0.342. The predicted molar refractivity (Wildman–Crippen MR) is 85.2 cm³/mol. The van der Waals surface area contributed by atoms with Crippen molar-refractivity contribution in [2.75, 3.05) is 5.32 Å². The van der Waals surface area contributed by atoms with Crippen LogP contribution in [0, 0.1) is 0 Å². The van der Waals surface area contributed by atoms with Gasteiger partial charge in [0.2, 0.25) is 0 Å². The highest BCUT2D eigenvalue weighted by Gasteiger charge is 2.32. The van der Waals surface area contributed by atoms with Crippen LogP contribution in [0.3, 0.4) is 0 Å². The lowest BCUT2D eigenvalue weighted by atomic mass is 9.92. The van der Waals surface area contributed by atoms with Gasteiger partial charge in [-0.05, 0) is 34.7 Å². The summed E-state index contributed by atoms with van der Waals surface area (Å²) in [6, 6.07) is 14.9. The molecule has 116 valence electrons. The van der Waals surface area contributed by atoms with Gasteiger partial charge in [0.1, 0.15) is 0 Å². The number of rotatable bonds is 4. The molecule has 0 aromatic heterocycles. The van der Waals surface area contributed by atoms with Crippen LogP contribution in [0.25, 0.3) is 11.1 Å². The number of alkyl halides is 2. The number of benzene rings is 2. The Morgan fingerprint density at radius 3 is 2.41 bits per heavy atom. The van der Waals surface area contributed by atoms with Crippen molar-refractivity contribution in [1.29, 1.82) is 0 Å². The molecule has 0 aliphatic carbocycles.